The van der Waals surface area contributed by atoms with Crippen LogP contribution in [0.1, 0.15) is 24.0 Å². The van der Waals surface area contributed by atoms with Gasteiger partial charge in [0.15, 0.2) is 0 Å². The SMILES string of the molecule is CC(c1ccccc1)c1cn(C)c(=O)c2[nH]c(-c3ccoc3)cc12. The Bertz CT molecular complexity index is 1040. The number of aromatic nitrogens is 2. The van der Waals surface area contributed by atoms with Gasteiger partial charge < -0.3 is 14.0 Å². The molecule has 120 valence electrons. The van der Waals surface area contributed by atoms with E-state index in [0.29, 0.717) is 5.52 Å². The summed E-state index contributed by atoms with van der Waals surface area (Å²) in [4.78, 5) is 15.8. The van der Waals surface area contributed by atoms with E-state index >= 15 is 0 Å². The second-order valence-electron chi connectivity index (χ2n) is 6.12. The van der Waals surface area contributed by atoms with E-state index in [1.165, 1.54) is 5.56 Å². The number of pyridine rings is 1. The molecule has 0 fully saturated rings. The lowest BCUT2D eigenvalue weighted by molar-refractivity contribution is 0.568. The highest BCUT2D eigenvalue weighted by Gasteiger charge is 2.17. The summed E-state index contributed by atoms with van der Waals surface area (Å²) < 4.78 is 6.81. The molecule has 4 rings (SSSR count). The van der Waals surface area contributed by atoms with Gasteiger partial charge >= 0.3 is 0 Å². The average molecular weight is 318 g/mol. The van der Waals surface area contributed by atoms with Crippen LogP contribution in [-0.4, -0.2) is 9.55 Å². The molecule has 0 aliphatic rings. The van der Waals surface area contributed by atoms with Crippen molar-refractivity contribution in [1.29, 1.82) is 0 Å². The van der Waals surface area contributed by atoms with Crippen molar-refractivity contribution in [2.45, 2.75) is 12.8 Å². The predicted octanol–water partition coefficient (Wildman–Crippen LogP) is 4.28. The van der Waals surface area contributed by atoms with E-state index in [-0.39, 0.29) is 11.5 Å². The minimum atomic E-state index is -0.0243. The van der Waals surface area contributed by atoms with Crippen LogP contribution in [0.25, 0.3) is 22.2 Å². The van der Waals surface area contributed by atoms with Gasteiger partial charge in [-0.25, -0.2) is 0 Å². The minimum absolute atomic E-state index is 0.0243. The summed E-state index contributed by atoms with van der Waals surface area (Å²) in [5.41, 5.74) is 4.79. The summed E-state index contributed by atoms with van der Waals surface area (Å²) >= 11 is 0. The van der Waals surface area contributed by atoms with E-state index < -0.39 is 0 Å². The van der Waals surface area contributed by atoms with Crippen molar-refractivity contribution in [2.75, 3.05) is 0 Å². The predicted molar refractivity (Wildman–Crippen MR) is 95.2 cm³/mol. The summed E-state index contributed by atoms with van der Waals surface area (Å²) in [5.74, 6) is 0.188. The van der Waals surface area contributed by atoms with Gasteiger partial charge in [0.25, 0.3) is 5.56 Å². The van der Waals surface area contributed by atoms with Crippen LogP contribution >= 0.6 is 0 Å². The molecule has 24 heavy (non-hydrogen) atoms. The van der Waals surface area contributed by atoms with Gasteiger partial charge in [-0.05, 0) is 23.3 Å². The summed E-state index contributed by atoms with van der Waals surface area (Å²) in [5, 5.41) is 0.964. The number of benzene rings is 1. The van der Waals surface area contributed by atoms with Crippen LogP contribution < -0.4 is 5.56 Å². The van der Waals surface area contributed by atoms with E-state index in [2.05, 4.69) is 24.0 Å². The van der Waals surface area contributed by atoms with E-state index in [4.69, 9.17) is 4.42 Å². The largest absolute Gasteiger partial charge is 0.472 e. The van der Waals surface area contributed by atoms with Crippen LogP contribution in [0, 0.1) is 0 Å². The third-order valence-electron chi connectivity index (χ3n) is 4.59. The van der Waals surface area contributed by atoms with Crippen molar-refractivity contribution in [1.82, 2.24) is 9.55 Å². The highest BCUT2D eigenvalue weighted by Crippen LogP contribution is 2.31. The molecule has 0 aliphatic carbocycles. The first-order valence-corrected chi connectivity index (χ1v) is 7.95. The smallest absolute Gasteiger partial charge is 0.274 e. The zero-order valence-electron chi connectivity index (χ0n) is 13.6. The Hall–Kier alpha value is -3.01. The molecule has 0 radical (unpaired) electrons. The number of nitrogens with zero attached hydrogens (tertiary/aromatic N) is 1. The Morgan fingerprint density at radius 2 is 1.96 bits per heavy atom. The molecule has 0 amide bonds. The molecule has 1 N–H and O–H groups in total. The third-order valence-corrected chi connectivity index (χ3v) is 4.59. The number of nitrogens with one attached hydrogen (secondary N) is 1. The maximum Gasteiger partial charge on any atom is 0.274 e. The Morgan fingerprint density at radius 1 is 1.17 bits per heavy atom. The molecule has 1 atom stereocenters. The third kappa shape index (κ3) is 2.27. The van der Waals surface area contributed by atoms with Crippen LogP contribution in [0.5, 0.6) is 0 Å². The van der Waals surface area contributed by atoms with E-state index in [9.17, 15) is 4.79 Å². The van der Waals surface area contributed by atoms with Gasteiger partial charge in [-0.3, -0.25) is 4.79 Å². The van der Waals surface area contributed by atoms with Crippen LogP contribution in [0.3, 0.4) is 0 Å². The van der Waals surface area contributed by atoms with Crippen molar-refractivity contribution in [2.24, 2.45) is 7.05 Å². The van der Waals surface area contributed by atoms with Crippen molar-refractivity contribution in [3.8, 4) is 11.3 Å². The first-order valence-electron chi connectivity index (χ1n) is 7.95. The first kappa shape index (κ1) is 14.6. The monoisotopic (exact) mass is 318 g/mol. The standard InChI is InChI=1S/C20H18N2O2/c1-13(14-6-4-3-5-7-14)17-11-22(2)20(23)19-16(17)10-18(21-19)15-8-9-24-12-15/h3-13,21H,1-2H3. The van der Waals surface area contributed by atoms with Crippen LogP contribution in [-0.2, 0) is 7.05 Å². The lowest BCUT2D eigenvalue weighted by Gasteiger charge is -2.15. The molecule has 0 saturated carbocycles. The molecule has 4 heteroatoms. The summed E-state index contributed by atoms with van der Waals surface area (Å²) in [6.45, 7) is 2.17. The lowest BCUT2D eigenvalue weighted by Crippen LogP contribution is -2.18. The highest BCUT2D eigenvalue weighted by atomic mass is 16.3. The Labute approximate surface area is 139 Å². The summed E-state index contributed by atoms with van der Waals surface area (Å²) in [6, 6.07) is 14.3. The van der Waals surface area contributed by atoms with Gasteiger partial charge in [-0.2, -0.15) is 0 Å². The molecule has 0 aliphatic heterocycles. The van der Waals surface area contributed by atoms with Gasteiger partial charge in [0.05, 0.1) is 12.5 Å². The second-order valence-corrected chi connectivity index (χ2v) is 6.12. The van der Waals surface area contributed by atoms with Crippen molar-refractivity contribution >= 4 is 10.9 Å². The fourth-order valence-corrected chi connectivity index (χ4v) is 3.20. The van der Waals surface area contributed by atoms with Crippen molar-refractivity contribution < 1.29 is 4.42 Å². The number of furan rings is 1. The molecule has 1 unspecified atom stereocenters. The Balaban J connectivity index is 1.95. The van der Waals surface area contributed by atoms with Gasteiger partial charge in [-0.15, -0.1) is 0 Å². The van der Waals surface area contributed by atoms with Gasteiger partial charge in [0.2, 0.25) is 0 Å². The second kappa shape index (κ2) is 5.57. The normalized spacial score (nSPS) is 12.6. The number of hydrogen-bond donors (Lipinski definition) is 1. The van der Waals surface area contributed by atoms with Crippen LogP contribution in [0.4, 0.5) is 0 Å². The number of hydrogen-bond acceptors (Lipinski definition) is 2. The van der Waals surface area contributed by atoms with Crippen molar-refractivity contribution in [3.63, 3.8) is 0 Å². The van der Waals surface area contributed by atoms with Gasteiger partial charge in [0, 0.05) is 35.8 Å². The fraction of sp³-hybridized carbons (Fsp3) is 0.150. The lowest BCUT2D eigenvalue weighted by atomic mass is 9.92. The maximum atomic E-state index is 12.5. The van der Waals surface area contributed by atoms with E-state index in [1.807, 2.05) is 36.5 Å². The molecule has 0 spiro atoms. The zero-order chi connectivity index (χ0) is 16.7. The molecule has 3 heterocycles. The average Bonchev–Trinajstić information content (AvgIpc) is 3.27. The molecule has 1 aromatic carbocycles. The van der Waals surface area contributed by atoms with Gasteiger partial charge in [0.1, 0.15) is 5.52 Å². The topological polar surface area (TPSA) is 50.9 Å². The zero-order valence-corrected chi connectivity index (χ0v) is 13.6. The molecule has 3 aromatic heterocycles. The van der Waals surface area contributed by atoms with Gasteiger partial charge in [-0.1, -0.05) is 37.3 Å². The highest BCUT2D eigenvalue weighted by molar-refractivity contribution is 5.88. The minimum Gasteiger partial charge on any atom is -0.472 e. The number of aromatic amines is 1. The molecular weight excluding hydrogens is 300 g/mol. The number of H-pyrrole nitrogens is 1. The molecular formula is C20H18N2O2. The number of aryl methyl sites for hydroxylation is 1. The molecule has 4 nitrogen and oxygen atoms in total. The first-order chi connectivity index (χ1) is 11.6. The van der Waals surface area contributed by atoms with Crippen LogP contribution in [0.15, 0.2) is 70.4 Å². The molecule has 0 bridgehead atoms. The number of fused-ring (bicyclic) bond motifs is 1. The van der Waals surface area contributed by atoms with E-state index in [0.717, 1.165) is 22.2 Å². The van der Waals surface area contributed by atoms with Crippen LogP contribution in [0.2, 0.25) is 0 Å². The summed E-state index contributed by atoms with van der Waals surface area (Å²) in [7, 11) is 1.79. The molecule has 0 saturated heterocycles. The quantitative estimate of drug-likeness (QED) is 0.613. The maximum absolute atomic E-state index is 12.5. The fourth-order valence-electron chi connectivity index (χ4n) is 3.20. The Kier molecular flexibility index (Phi) is 3.38. The number of rotatable bonds is 3. The van der Waals surface area contributed by atoms with Crippen molar-refractivity contribution in [3.05, 3.63) is 82.7 Å². The van der Waals surface area contributed by atoms with E-state index in [1.54, 1.807) is 24.1 Å². The Morgan fingerprint density at radius 3 is 2.67 bits per heavy atom. The molecule has 4 aromatic rings. The summed E-state index contributed by atoms with van der Waals surface area (Å²) in [6.07, 6.45) is 5.25.